The summed E-state index contributed by atoms with van der Waals surface area (Å²) >= 11 is 4.87. The highest BCUT2D eigenvalue weighted by atomic mass is 32.1. The van der Waals surface area contributed by atoms with Crippen LogP contribution in [0.4, 0.5) is 11.4 Å². The van der Waals surface area contributed by atoms with Crippen molar-refractivity contribution in [3.05, 3.63) is 33.9 Å². The summed E-state index contributed by atoms with van der Waals surface area (Å²) in [7, 11) is 0. The van der Waals surface area contributed by atoms with E-state index in [0.717, 1.165) is 12.8 Å². The number of nitro groups is 1. The fourth-order valence-corrected chi connectivity index (χ4v) is 3.73. The summed E-state index contributed by atoms with van der Waals surface area (Å²) in [5.74, 6) is -0.239. The zero-order valence-corrected chi connectivity index (χ0v) is 15.8. The summed E-state index contributed by atoms with van der Waals surface area (Å²) in [5, 5.41) is 19.1. The molecule has 2 heterocycles. The molecule has 0 aromatic heterocycles. The number of thiocarbonyl (C=S) groups is 1. The molecule has 1 amide bonds. The van der Waals surface area contributed by atoms with Crippen LogP contribution in [-0.2, 0) is 4.79 Å². The van der Waals surface area contributed by atoms with E-state index in [2.05, 4.69) is 15.8 Å². The van der Waals surface area contributed by atoms with Crippen molar-refractivity contribution in [1.29, 1.82) is 0 Å². The van der Waals surface area contributed by atoms with Gasteiger partial charge in [-0.15, -0.1) is 0 Å². The van der Waals surface area contributed by atoms with Crippen LogP contribution in [0.3, 0.4) is 0 Å². The molecule has 10 heteroatoms. The van der Waals surface area contributed by atoms with Gasteiger partial charge in [-0.3, -0.25) is 14.9 Å². The molecular weight excluding hydrogens is 368 g/mol. The number of hydrazone groups is 1. The van der Waals surface area contributed by atoms with Crippen LogP contribution in [0.15, 0.2) is 23.3 Å². The Balaban J connectivity index is 1.82. The fraction of sp³-hybridized carbons (Fsp3) is 0.471. The van der Waals surface area contributed by atoms with Crippen molar-refractivity contribution in [3.63, 3.8) is 0 Å². The van der Waals surface area contributed by atoms with Gasteiger partial charge >= 0.3 is 0 Å². The Morgan fingerprint density at radius 3 is 2.74 bits per heavy atom. The molecule has 1 unspecified atom stereocenters. The lowest BCUT2D eigenvalue weighted by atomic mass is 9.93. The topological polar surface area (TPSA) is 126 Å². The Kier molecular flexibility index (Phi) is 5.54. The molecule has 4 N–H and O–H groups in total. The van der Waals surface area contributed by atoms with E-state index in [-0.39, 0.29) is 33.6 Å². The summed E-state index contributed by atoms with van der Waals surface area (Å²) in [5.41, 5.74) is 9.91. The number of nitrogens with zero attached hydrogens (tertiary/aromatic N) is 3. The standard InChI is InChI=1S/C17H22N6O3S/c1-10-8-15(24)20-21-16(10)11-2-3-13(14(9-11)23(25)26)22-6-4-12(5-7-22)19-17(18)27/h2-3,9-10,12H,4-8H2,1H3,(H,20,24)(H3,18,19,27). The van der Waals surface area contributed by atoms with E-state index >= 15 is 0 Å². The highest BCUT2D eigenvalue weighted by molar-refractivity contribution is 7.80. The van der Waals surface area contributed by atoms with Crippen molar-refractivity contribution in [3.8, 4) is 0 Å². The highest BCUT2D eigenvalue weighted by Crippen LogP contribution is 2.32. The van der Waals surface area contributed by atoms with Crippen molar-refractivity contribution in [2.75, 3.05) is 18.0 Å². The molecule has 3 rings (SSSR count). The molecule has 0 saturated carbocycles. The number of hydrogen-bond acceptors (Lipinski definition) is 6. The normalized spacial score (nSPS) is 20.6. The number of nitrogens with two attached hydrogens (primary N) is 1. The molecular formula is C17H22N6O3S. The Morgan fingerprint density at radius 1 is 1.44 bits per heavy atom. The van der Waals surface area contributed by atoms with Crippen LogP contribution in [0.1, 0.15) is 31.7 Å². The van der Waals surface area contributed by atoms with E-state index in [1.165, 1.54) is 0 Å². The summed E-state index contributed by atoms with van der Waals surface area (Å²) in [6.45, 7) is 3.23. The predicted octanol–water partition coefficient (Wildman–Crippen LogP) is 1.26. The SMILES string of the molecule is CC1CC(=O)NN=C1c1ccc(N2CCC(NC(N)=S)CC2)c([N+](=O)[O-])c1. The first-order valence-corrected chi connectivity index (χ1v) is 9.22. The zero-order valence-electron chi connectivity index (χ0n) is 15.0. The highest BCUT2D eigenvalue weighted by Gasteiger charge is 2.28. The third kappa shape index (κ3) is 4.33. The van der Waals surface area contributed by atoms with E-state index < -0.39 is 0 Å². The van der Waals surface area contributed by atoms with Crippen LogP contribution in [0.5, 0.6) is 0 Å². The van der Waals surface area contributed by atoms with Gasteiger partial charge in [0.05, 0.1) is 10.6 Å². The molecule has 1 fully saturated rings. The molecule has 144 valence electrons. The summed E-state index contributed by atoms with van der Waals surface area (Å²) in [6, 6.07) is 5.33. The quantitative estimate of drug-likeness (QED) is 0.401. The number of rotatable bonds is 4. The summed E-state index contributed by atoms with van der Waals surface area (Å²) in [6.07, 6.45) is 1.91. The molecule has 2 aliphatic rings. The largest absolute Gasteiger partial charge is 0.376 e. The maximum Gasteiger partial charge on any atom is 0.293 e. The molecule has 1 saturated heterocycles. The van der Waals surface area contributed by atoms with Crippen molar-refractivity contribution in [1.82, 2.24) is 10.7 Å². The molecule has 0 spiro atoms. The third-order valence-electron chi connectivity index (χ3n) is 4.91. The molecule has 0 radical (unpaired) electrons. The predicted molar refractivity (Wildman–Crippen MR) is 107 cm³/mol. The first-order chi connectivity index (χ1) is 12.8. The van der Waals surface area contributed by atoms with Gasteiger partial charge < -0.3 is 16.0 Å². The molecule has 27 heavy (non-hydrogen) atoms. The summed E-state index contributed by atoms with van der Waals surface area (Å²) in [4.78, 5) is 24.7. The van der Waals surface area contributed by atoms with Gasteiger partial charge in [-0.1, -0.05) is 13.0 Å². The maximum absolute atomic E-state index is 11.7. The maximum atomic E-state index is 11.7. The number of amides is 1. The molecule has 9 nitrogen and oxygen atoms in total. The zero-order chi connectivity index (χ0) is 19.6. The number of benzene rings is 1. The second-order valence-electron chi connectivity index (χ2n) is 6.87. The van der Waals surface area contributed by atoms with Gasteiger partial charge in [-0.05, 0) is 31.1 Å². The Hall–Kier alpha value is -2.75. The molecule has 2 aliphatic heterocycles. The molecule has 0 bridgehead atoms. The van der Waals surface area contributed by atoms with Crippen LogP contribution >= 0.6 is 12.2 Å². The third-order valence-corrected chi connectivity index (χ3v) is 5.03. The fourth-order valence-electron chi connectivity index (χ4n) is 3.56. The van der Waals surface area contributed by atoms with Gasteiger partial charge in [-0.2, -0.15) is 5.10 Å². The Bertz CT molecular complexity index is 804. The molecule has 1 atom stereocenters. The Labute approximate surface area is 162 Å². The average Bonchev–Trinajstić information content (AvgIpc) is 2.61. The van der Waals surface area contributed by atoms with E-state index in [0.29, 0.717) is 36.5 Å². The lowest BCUT2D eigenvalue weighted by Gasteiger charge is -2.33. The second kappa shape index (κ2) is 7.87. The van der Waals surface area contributed by atoms with Gasteiger partial charge in [0, 0.05) is 43.1 Å². The second-order valence-corrected chi connectivity index (χ2v) is 7.31. The number of nitro benzene ring substituents is 1. The molecule has 0 aliphatic carbocycles. The first-order valence-electron chi connectivity index (χ1n) is 8.81. The van der Waals surface area contributed by atoms with Gasteiger partial charge in [0.25, 0.3) is 5.69 Å². The van der Waals surface area contributed by atoms with Crippen LogP contribution in [0.2, 0.25) is 0 Å². The van der Waals surface area contributed by atoms with E-state index in [1.54, 1.807) is 12.1 Å². The van der Waals surface area contributed by atoms with Crippen LogP contribution in [-0.4, -0.2) is 40.8 Å². The minimum atomic E-state index is -0.370. The number of piperidine rings is 1. The van der Waals surface area contributed by atoms with Gasteiger partial charge in [-0.25, -0.2) is 5.43 Å². The van der Waals surface area contributed by atoms with Gasteiger partial charge in [0.2, 0.25) is 5.91 Å². The number of nitrogens with one attached hydrogen (secondary N) is 2. The van der Waals surface area contributed by atoms with Crippen LogP contribution in [0, 0.1) is 16.0 Å². The van der Waals surface area contributed by atoms with Gasteiger partial charge in [0.15, 0.2) is 5.11 Å². The van der Waals surface area contributed by atoms with E-state index in [4.69, 9.17) is 18.0 Å². The lowest BCUT2D eigenvalue weighted by molar-refractivity contribution is -0.384. The van der Waals surface area contributed by atoms with Crippen molar-refractivity contribution in [2.24, 2.45) is 16.8 Å². The summed E-state index contributed by atoms with van der Waals surface area (Å²) < 4.78 is 0. The number of hydrogen-bond donors (Lipinski definition) is 3. The minimum Gasteiger partial charge on any atom is -0.376 e. The average molecular weight is 390 g/mol. The van der Waals surface area contributed by atoms with Crippen LogP contribution < -0.4 is 21.4 Å². The molecule has 1 aromatic carbocycles. The van der Waals surface area contributed by atoms with Crippen LogP contribution in [0.25, 0.3) is 0 Å². The number of anilines is 1. The molecule has 1 aromatic rings. The van der Waals surface area contributed by atoms with E-state index in [1.807, 2.05) is 17.9 Å². The monoisotopic (exact) mass is 390 g/mol. The lowest BCUT2D eigenvalue weighted by Crippen LogP contribution is -2.46. The minimum absolute atomic E-state index is 0.0417. The van der Waals surface area contributed by atoms with Crippen molar-refractivity contribution >= 4 is 40.3 Å². The van der Waals surface area contributed by atoms with Crippen molar-refractivity contribution < 1.29 is 9.72 Å². The number of carbonyl (C=O) groups excluding carboxylic acids is 1. The van der Waals surface area contributed by atoms with E-state index in [9.17, 15) is 14.9 Å². The first kappa shape index (κ1) is 19.0. The Morgan fingerprint density at radius 2 is 2.15 bits per heavy atom. The van der Waals surface area contributed by atoms with Crippen molar-refractivity contribution in [2.45, 2.75) is 32.2 Å². The number of carbonyl (C=O) groups is 1. The smallest absolute Gasteiger partial charge is 0.293 e. The van der Waals surface area contributed by atoms with Gasteiger partial charge in [0.1, 0.15) is 5.69 Å².